The van der Waals surface area contributed by atoms with Gasteiger partial charge in [-0.25, -0.2) is 0 Å². The van der Waals surface area contributed by atoms with Gasteiger partial charge >= 0.3 is 111 Å². The number of carbonyl (C=O) groups is 1. The van der Waals surface area contributed by atoms with Crippen molar-refractivity contribution in [2.75, 3.05) is 31.1 Å². The van der Waals surface area contributed by atoms with Gasteiger partial charge in [0.05, 0.1) is 22.6 Å². The number of carbonyl (C=O) groups excluding carboxylic acids is 1. The van der Waals surface area contributed by atoms with Gasteiger partial charge in [-0.05, 0) is 165 Å². The summed E-state index contributed by atoms with van der Waals surface area (Å²) in [5.41, 5.74) is 12.8. The van der Waals surface area contributed by atoms with E-state index in [0.717, 1.165) is 55.5 Å². The van der Waals surface area contributed by atoms with Crippen LogP contribution in [0.3, 0.4) is 0 Å². The van der Waals surface area contributed by atoms with Crippen LogP contribution in [-0.4, -0.2) is 45.7 Å². The molecule has 2 heterocycles. The van der Waals surface area contributed by atoms with Gasteiger partial charge < -0.3 is 79.8 Å². The van der Waals surface area contributed by atoms with E-state index in [4.69, 9.17) is 46.3 Å². The molecular formula is C96H113AgAu2BrF10N6O12S2-4. The van der Waals surface area contributed by atoms with Crippen molar-refractivity contribution < 1.29 is 159 Å². The van der Waals surface area contributed by atoms with Crippen LogP contribution in [0.15, 0.2) is 183 Å². The van der Waals surface area contributed by atoms with Crippen molar-refractivity contribution in [1.82, 2.24) is 0 Å². The molecule has 0 unspecified atom stereocenters. The van der Waals surface area contributed by atoms with Crippen LogP contribution >= 0.6 is 13.0 Å². The number of carboxylic acids is 1. The van der Waals surface area contributed by atoms with Gasteiger partial charge in [-0.3, -0.25) is 11.1 Å². The van der Waals surface area contributed by atoms with Crippen LogP contribution in [0, 0.1) is 63.7 Å². The Morgan fingerprint density at radius 1 is 0.454 bits per heavy atom. The summed E-state index contributed by atoms with van der Waals surface area (Å²) >= 11 is 6.67. The molecule has 0 saturated heterocycles. The van der Waals surface area contributed by atoms with Gasteiger partial charge in [0.15, 0.2) is 0 Å². The molecule has 0 bridgehead atoms. The fraction of sp³-hybridized carbons (Fsp3) is 0.354. The Morgan fingerprint density at radius 2 is 0.654 bits per heavy atom. The fourth-order valence-electron chi connectivity index (χ4n) is 13.0. The molecule has 0 saturated carbocycles. The van der Waals surface area contributed by atoms with Crippen LogP contribution in [0.4, 0.5) is 66.7 Å². The van der Waals surface area contributed by atoms with E-state index in [1.54, 1.807) is 21.0 Å². The van der Waals surface area contributed by atoms with E-state index >= 15 is 0 Å². The summed E-state index contributed by atoms with van der Waals surface area (Å²) in [6.07, 6.45) is -5.00. The Bertz CT molecular complexity index is 4690. The van der Waals surface area contributed by atoms with Crippen molar-refractivity contribution in [3.8, 4) is 46.6 Å². The van der Waals surface area contributed by atoms with Crippen LogP contribution < -0.4 is 37.4 Å². The van der Waals surface area contributed by atoms with Crippen molar-refractivity contribution >= 4 is 68.3 Å². The fourth-order valence-corrected chi connectivity index (χ4v) is 14.9. The molecule has 130 heavy (non-hydrogen) atoms. The number of hydrogen-bond donors (Lipinski definition) is 1. The van der Waals surface area contributed by atoms with Gasteiger partial charge in [-0.15, -0.1) is 26.2 Å². The van der Waals surface area contributed by atoms with Gasteiger partial charge in [-0.1, -0.05) is 221 Å². The Morgan fingerprint density at radius 3 is 0.846 bits per heavy atom. The maximum absolute atomic E-state index is 13.0. The molecule has 0 aliphatic carbocycles. The number of nitriles is 2. The summed E-state index contributed by atoms with van der Waals surface area (Å²) in [5, 5.41) is 25.6. The second kappa shape index (κ2) is 58.5. The van der Waals surface area contributed by atoms with Crippen molar-refractivity contribution in [2.24, 2.45) is 0 Å². The first kappa shape index (κ1) is 121. The molecule has 0 amide bonds. The van der Waals surface area contributed by atoms with Gasteiger partial charge in [0.25, 0.3) is 5.97 Å². The Kier molecular flexibility index (Phi) is 54.6. The van der Waals surface area contributed by atoms with Gasteiger partial charge in [0.2, 0.25) is 0 Å². The van der Waals surface area contributed by atoms with E-state index in [-0.39, 0.29) is 84.6 Å². The van der Waals surface area contributed by atoms with Crippen molar-refractivity contribution in [1.29, 1.82) is 10.5 Å². The number of ether oxygens (including phenoxy) is 2. The van der Waals surface area contributed by atoms with E-state index < -0.39 is 98.0 Å². The Hall–Kier alpha value is -8.54. The quantitative estimate of drug-likeness (QED) is 0.0208. The third-order valence-electron chi connectivity index (χ3n) is 18.6. The van der Waals surface area contributed by atoms with Crippen molar-refractivity contribution in [3.63, 3.8) is 0 Å². The molecular weight excluding hydrogens is 2260 g/mol. The minimum atomic E-state index is -4.76. The molecule has 0 atom stereocenters. The molecule has 2 aliphatic rings. The zero-order valence-corrected chi connectivity index (χ0v) is 84.9. The number of rotatable bonds is 28. The van der Waals surface area contributed by atoms with Crippen LogP contribution in [0.2, 0.25) is 0 Å². The van der Waals surface area contributed by atoms with Gasteiger partial charge in [-0.2, -0.15) is 60.6 Å². The van der Waals surface area contributed by atoms with Crippen molar-refractivity contribution in [3.05, 3.63) is 290 Å². The summed E-state index contributed by atoms with van der Waals surface area (Å²) in [7, 11) is -8.32. The number of aliphatic carboxylic acids is 1. The van der Waals surface area contributed by atoms with Crippen molar-refractivity contribution in [2.45, 2.75) is 210 Å². The average molecular weight is 2380 g/mol. The van der Waals surface area contributed by atoms with E-state index in [1.165, 1.54) is 129 Å². The molecule has 18 nitrogen and oxygen atoms in total. The predicted molar refractivity (Wildman–Crippen MR) is 486 cm³/mol. The number of hydrogen-bond acceptors (Lipinski definition) is 17. The minimum absolute atomic E-state index is 0. The molecule has 10 rings (SSSR count). The normalized spacial score (nSPS) is 12.1. The number of para-hydroxylation sites is 4. The number of alkyl halides is 6. The molecule has 0 spiro atoms. The summed E-state index contributed by atoms with van der Waals surface area (Å²) in [4.78, 5) is 27.0. The summed E-state index contributed by atoms with van der Waals surface area (Å²) in [6, 6.07) is 45.7. The molecule has 0 fully saturated rings. The molecule has 34 heteroatoms. The van der Waals surface area contributed by atoms with Gasteiger partial charge in [0.1, 0.15) is 57.8 Å². The standard InChI is InChI=1S/2C27H37N2.2C18H13F5NO4S.C2H4O2.C2H3O.2CH3.Ag.2Au.BrH.O/c2*1-18(2)22-11-9-12-23(19(3)4)26(22)28-15-16-29(17-28)27-24(20(5)6)13-10-14-25(27)21(7)8;2*19-17(20)8-3-9-29(25,26)28-13-5-1-4-12(10-13)27-16-7-2-6-15(14(16)11-24)18(21,22)23;1-2(3)4;1-2-3;;;;;;;/h2*9-21H,1-8H3;2*1-2,4-7,10H,3,8-9H2;1H3,(H,3,4);1H3;2*1H3;;;;1H;/q4*-1;;3*-1;;+1;+3;;/p-1. The maximum atomic E-state index is 13.0. The first-order chi connectivity index (χ1) is 59.6. The van der Waals surface area contributed by atoms with Crippen LogP contribution in [0.1, 0.15) is 264 Å². The SMILES string of the molecule is CC(=O)O.CC(C)c1cccc(C(C)C)c1N1C=CN(c2c(C(C)C)cccc2C(C)C)[CH-]1.CC(C)c1cccc(C(C)C)c1N1C=CN(c2c(C(C)C)cccc2C(C)C)[CH-]1.C[C-]=O.N#Cc1c(Oc2cccc(OS(=O)(=O)CCC[C-](F)F)c2)cccc1C(F)(F)F.N#Cc1c(Oc2cccc(OS(=O)(=O)CCC[C-](F)F)c2)cccc1C(F)(F)F.[Au+3].[Br][Au].[CH3-].[CH3-].[O]=[Ag]. The molecule has 0 aromatic heterocycles. The van der Waals surface area contributed by atoms with E-state index in [9.17, 15) is 60.7 Å². The third kappa shape index (κ3) is 38.2. The summed E-state index contributed by atoms with van der Waals surface area (Å²) in [5.74, 6) is 0.328. The number of halogens is 11. The second-order valence-electron chi connectivity index (χ2n) is 30.9. The number of benzene rings is 8. The number of carboxylic acid groups (broad SMARTS) is 1. The Labute approximate surface area is 809 Å². The number of anilines is 4. The monoisotopic (exact) mass is 2380 g/mol. The number of nitrogens with zero attached hydrogens (tertiary/aromatic N) is 6. The first-order valence-corrected chi connectivity index (χ1v) is 48.5. The van der Waals surface area contributed by atoms with Crippen LogP contribution in [-0.2, 0) is 108 Å². The zero-order valence-electron chi connectivity index (χ0n) is 75.8. The molecule has 725 valence electrons. The third-order valence-corrected chi connectivity index (χ3v) is 21.1. The molecule has 8 aromatic carbocycles. The van der Waals surface area contributed by atoms with E-state index in [2.05, 4.69) is 273 Å². The molecule has 2 aliphatic heterocycles. The molecule has 1 N–H and O–H groups in total. The summed E-state index contributed by atoms with van der Waals surface area (Å²) < 4.78 is 202. The zero-order chi connectivity index (χ0) is 96.2. The molecule has 0 radical (unpaired) electrons. The summed E-state index contributed by atoms with van der Waals surface area (Å²) in [6.45, 7) is 43.5. The van der Waals surface area contributed by atoms with Crippen LogP contribution in [0.25, 0.3) is 0 Å². The average Bonchev–Trinajstić information content (AvgIpc) is 1.61. The first-order valence-electron chi connectivity index (χ1n) is 40.0. The molecule has 8 aromatic rings. The Balaban J connectivity index is 0.00000163. The van der Waals surface area contributed by atoms with Gasteiger partial charge in [0, 0.05) is 54.7 Å². The topological polar surface area (TPSA) is 237 Å². The van der Waals surface area contributed by atoms with E-state index in [1.807, 2.05) is 0 Å². The van der Waals surface area contributed by atoms with E-state index in [0.29, 0.717) is 47.3 Å². The predicted octanol–water partition coefficient (Wildman–Crippen LogP) is 28.6. The van der Waals surface area contributed by atoms with Crippen LogP contribution in [0.5, 0.6) is 34.5 Å². The second-order valence-corrected chi connectivity index (χ2v) is 34.2.